The highest BCUT2D eigenvalue weighted by Gasteiger charge is 2.44. The molecule has 4 heterocycles. The summed E-state index contributed by atoms with van der Waals surface area (Å²) in [6, 6.07) is 12.4. The molecule has 0 bridgehead atoms. The second kappa shape index (κ2) is 7.46. The lowest BCUT2D eigenvalue weighted by Gasteiger charge is -2.37. The van der Waals surface area contributed by atoms with Crippen molar-refractivity contribution >= 4 is 22.5 Å². The third kappa shape index (κ3) is 3.47. The van der Waals surface area contributed by atoms with Gasteiger partial charge in [-0.1, -0.05) is 18.2 Å². The van der Waals surface area contributed by atoms with Crippen LogP contribution in [-0.4, -0.2) is 47.0 Å². The van der Waals surface area contributed by atoms with Crippen molar-refractivity contribution in [2.24, 2.45) is 5.41 Å². The van der Waals surface area contributed by atoms with Crippen LogP contribution in [0.4, 0.5) is 18.9 Å². The van der Waals surface area contributed by atoms with Gasteiger partial charge in [-0.05, 0) is 36.8 Å². The fourth-order valence-electron chi connectivity index (χ4n) is 4.85. The zero-order valence-electron chi connectivity index (χ0n) is 18.1. The third-order valence-electron chi connectivity index (χ3n) is 6.76. The SMILES string of the molecule is O=C(c1c[nH]c(-c2nc3ccc(N4CCC5(COC5)C4)cc3[nH]2)c1)c1ccccc1C(F)(F)F. The van der Waals surface area contributed by atoms with E-state index in [9.17, 15) is 18.0 Å². The summed E-state index contributed by atoms with van der Waals surface area (Å²) in [5.41, 5.74) is 2.35. The van der Waals surface area contributed by atoms with Crippen LogP contribution in [0.2, 0.25) is 0 Å². The molecule has 0 atom stereocenters. The molecule has 2 fully saturated rings. The normalized spacial score (nSPS) is 17.4. The molecule has 174 valence electrons. The number of fused-ring (bicyclic) bond motifs is 1. The van der Waals surface area contributed by atoms with Crippen molar-refractivity contribution in [3.05, 3.63) is 71.4 Å². The van der Waals surface area contributed by atoms with Crippen molar-refractivity contribution in [1.29, 1.82) is 0 Å². The van der Waals surface area contributed by atoms with Gasteiger partial charge in [0, 0.05) is 41.5 Å². The van der Waals surface area contributed by atoms with E-state index in [4.69, 9.17) is 4.74 Å². The number of nitrogens with one attached hydrogen (secondary N) is 2. The van der Waals surface area contributed by atoms with Crippen LogP contribution in [0.3, 0.4) is 0 Å². The van der Waals surface area contributed by atoms with E-state index in [1.165, 1.54) is 30.5 Å². The van der Waals surface area contributed by atoms with Crippen molar-refractivity contribution in [2.75, 3.05) is 31.2 Å². The number of hydrogen-bond donors (Lipinski definition) is 2. The molecule has 0 saturated carbocycles. The highest BCUT2D eigenvalue weighted by molar-refractivity contribution is 6.10. The molecule has 6 nitrogen and oxygen atoms in total. The van der Waals surface area contributed by atoms with Crippen LogP contribution in [0.25, 0.3) is 22.6 Å². The first-order valence-electron chi connectivity index (χ1n) is 11.0. The van der Waals surface area contributed by atoms with Gasteiger partial charge in [0.2, 0.25) is 0 Å². The number of rotatable bonds is 4. The average Bonchev–Trinajstić information content (AvgIpc) is 3.54. The summed E-state index contributed by atoms with van der Waals surface area (Å²) in [5, 5.41) is 0. The molecule has 1 spiro atoms. The Labute approximate surface area is 192 Å². The highest BCUT2D eigenvalue weighted by atomic mass is 19.4. The Balaban J connectivity index is 1.27. The Morgan fingerprint density at radius 3 is 2.68 bits per heavy atom. The number of hydrogen-bond acceptors (Lipinski definition) is 4. The van der Waals surface area contributed by atoms with E-state index in [2.05, 4.69) is 25.9 Å². The number of nitrogens with zero attached hydrogens (tertiary/aromatic N) is 2. The number of ketones is 1. The van der Waals surface area contributed by atoms with Gasteiger partial charge in [0.15, 0.2) is 11.6 Å². The molecule has 2 saturated heterocycles. The molecular formula is C25H21F3N4O2. The van der Waals surface area contributed by atoms with Crippen LogP contribution < -0.4 is 4.90 Å². The van der Waals surface area contributed by atoms with Crippen molar-refractivity contribution < 1.29 is 22.7 Å². The zero-order chi connectivity index (χ0) is 23.5. The number of imidazole rings is 1. The number of benzene rings is 2. The molecule has 9 heteroatoms. The summed E-state index contributed by atoms with van der Waals surface area (Å²) in [4.78, 5) is 26.0. The van der Waals surface area contributed by atoms with Gasteiger partial charge in [0.25, 0.3) is 0 Å². The molecule has 6 rings (SSSR count). The monoisotopic (exact) mass is 466 g/mol. The molecule has 2 aromatic carbocycles. The number of halogens is 3. The second-order valence-electron chi connectivity index (χ2n) is 9.13. The number of alkyl halides is 3. The molecule has 2 N–H and O–H groups in total. The summed E-state index contributed by atoms with van der Waals surface area (Å²) in [7, 11) is 0. The van der Waals surface area contributed by atoms with Gasteiger partial charge in [0.1, 0.15) is 0 Å². The van der Waals surface area contributed by atoms with E-state index in [0.29, 0.717) is 11.5 Å². The molecule has 2 aliphatic heterocycles. The van der Waals surface area contributed by atoms with E-state index in [1.54, 1.807) is 0 Å². The van der Waals surface area contributed by atoms with Gasteiger partial charge in [-0.2, -0.15) is 13.2 Å². The average molecular weight is 466 g/mol. The summed E-state index contributed by atoms with van der Waals surface area (Å²) in [6.07, 6.45) is -2.08. The van der Waals surface area contributed by atoms with Crippen molar-refractivity contribution in [1.82, 2.24) is 15.0 Å². The maximum atomic E-state index is 13.3. The smallest absolute Gasteiger partial charge is 0.380 e. The number of aromatic nitrogens is 3. The highest BCUT2D eigenvalue weighted by Crippen LogP contribution is 2.40. The summed E-state index contributed by atoms with van der Waals surface area (Å²) in [5.74, 6) is -0.183. The van der Waals surface area contributed by atoms with Crippen LogP contribution in [0.15, 0.2) is 54.7 Å². The predicted molar refractivity (Wildman–Crippen MR) is 121 cm³/mol. The third-order valence-corrected chi connectivity index (χ3v) is 6.76. The molecule has 0 unspecified atom stereocenters. The lowest BCUT2D eigenvalue weighted by molar-refractivity contribution is -0.137. The minimum atomic E-state index is -4.61. The second-order valence-corrected chi connectivity index (χ2v) is 9.13. The Morgan fingerprint density at radius 1 is 1.12 bits per heavy atom. The standard InChI is InChI=1S/C25H21F3N4O2/c26-25(27,28)18-4-2-1-3-17(18)22(33)15-9-21(29-11-15)23-30-19-6-5-16(10-20(19)31-23)32-8-7-24(12-32)13-34-14-24/h1-6,9-11,29H,7-8,12-14H2,(H,30,31). The van der Waals surface area contributed by atoms with Crippen LogP contribution in [0, 0.1) is 5.41 Å². The Hall–Kier alpha value is -3.59. The van der Waals surface area contributed by atoms with E-state index in [-0.39, 0.29) is 16.5 Å². The van der Waals surface area contributed by atoms with Crippen LogP contribution >= 0.6 is 0 Å². The van der Waals surface area contributed by atoms with E-state index in [1.807, 2.05) is 12.1 Å². The first kappa shape index (κ1) is 21.0. The van der Waals surface area contributed by atoms with Gasteiger partial charge in [0.05, 0.1) is 35.5 Å². The molecule has 2 aromatic heterocycles. The van der Waals surface area contributed by atoms with Crippen LogP contribution in [0.1, 0.15) is 27.9 Å². The topological polar surface area (TPSA) is 74.0 Å². The maximum Gasteiger partial charge on any atom is 0.417 e. The summed E-state index contributed by atoms with van der Waals surface area (Å²) >= 11 is 0. The molecule has 0 radical (unpaired) electrons. The molecular weight excluding hydrogens is 445 g/mol. The Bertz CT molecular complexity index is 1400. The molecule has 4 aromatic rings. The summed E-state index contributed by atoms with van der Waals surface area (Å²) in [6.45, 7) is 3.60. The van der Waals surface area contributed by atoms with Gasteiger partial charge < -0.3 is 19.6 Å². The van der Waals surface area contributed by atoms with Crippen molar-refractivity contribution in [3.8, 4) is 11.5 Å². The number of H-pyrrole nitrogens is 2. The minimum absolute atomic E-state index is 0.137. The fraction of sp³-hybridized carbons (Fsp3) is 0.280. The van der Waals surface area contributed by atoms with Gasteiger partial charge in [-0.3, -0.25) is 4.79 Å². The van der Waals surface area contributed by atoms with E-state index >= 15 is 0 Å². The van der Waals surface area contributed by atoms with E-state index in [0.717, 1.165) is 55.5 Å². The van der Waals surface area contributed by atoms with Gasteiger partial charge in [-0.15, -0.1) is 0 Å². The molecule has 2 aliphatic rings. The van der Waals surface area contributed by atoms with Gasteiger partial charge in [-0.25, -0.2) is 4.98 Å². The number of carbonyl (C=O) groups is 1. The molecule has 0 amide bonds. The maximum absolute atomic E-state index is 13.3. The number of anilines is 1. The number of ether oxygens (including phenoxy) is 1. The van der Waals surface area contributed by atoms with Gasteiger partial charge >= 0.3 is 6.18 Å². The predicted octanol–water partition coefficient (Wildman–Crippen LogP) is 5.03. The Kier molecular flexibility index (Phi) is 4.60. The fourth-order valence-corrected chi connectivity index (χ4v) is 4.85. The summed E-state index contributed by atoms with van der Waals surface area (Å²) < 4.78 is 45.4. The zero-order valence-corrected chi connectivity index (χ0v) is 18.1. The first-order valence-corrected chi connectivity index (χ1v) is 11.0. The molecule has 0 aliphatic carbocycles. The number of carbonyl (C=O) groups excluding carboxylic acids is 1. The quantitative estimate of drug-likeness (QED) is 0.414. The van der Waals surface area contributed by atoms with Crippen molar-refractivity contribution in [2.45, 2.75) is 12.6 Å². The van der Waals surface area contributed by atoms with Crippen LogP contribution in [0.5, 0.6) is 0 Å². The van der Waals surface area contributed by atoms with E-state index < -0.39 is 17.5 Å². The minimum Gasteiger partial charge on any atom is -0.380 e. The lowest BCUT2D eigenvalue weighted by Crippen LogP contribution is -2.44. The van der Waals surface area contributed by atoms with Crippen molar-refractivity contribution in [3.63, 3.8) is 0 Å². The largest absolute Gasteiger partial charge is 0.417 e. The lowest BCUT2D eigenvalue weighted by atomic mass is 9.85. The van der Waals surface area contributed by atoms with Crippen LogP contribution in [-0.2, 0) is 10.9 Å². The molecule has 34 heavy (non-hydrogen) atoms. The first-order chi connectivity index (χ1) is 16.3. The Morgan fingerprint density at radius 2 is 1.94 bits per heavy atom. The number of aromatic amines is 2.